The molecule has 1 aliphatic heterocycles. The van der Waals surface area contributed by atoms with Crippen molar-refractivity contribution in [3.05, 3.63) is 28.0 Å². The lowest BCUT2D eigenvalue weighted by Gasteiger charge is -2.34. The molecule has 5 nitrogen and oxygen atoms in total. The Morgan fingerprint density at radius 3 is 2.95 bits per heavy atom. The van der Waals surface area contributed by atoms with Crippen LogP contribution in [-0.4, -0.2) is 46.2 Å². The quantitative estimate of drug-likeness (QED) is 0.831. The number of aliphatic hydroxyl groups is 1. The van der Waals surface area contributed by atoms with Gasteiger partial charge in [-0.25, -0.2) is 4.79 Å². The molecule has 2 heterocycles. The summed E-state index contributed by atoms with van der Waals surface area (Å²) in [4.78, 5) is 25.3. The third kappa shape index (κ3) is 3.26. The fourth-order valence-electron chi connectivity index (χ4n) is 2.37. The fourth-order valence-corrected chi connectivity index (χ4v) is 3.21. The first-order chi connectivity index (χ1) is 9.63. The number of carboxylic acids is 1. The van der Waals surface area contributed by atoms with Crippen LogP contribution in [0.1, 0.15) is 34.5 Å². The molecule has 1 saturated heterocycles. The minimum atomic E-state index is -1.04. The number of likely N-dealkylation sites (tertiary alicyclic amines) is 1. The van der Waals surface area contributed by atoms with E-state index in [1.54, 1.807) is 16.3 Å². The zero-order chi connectivity index (χ0) is 14.5. The van der Waals surface area contributed by atoms with E-state index in [2.05, 4.69) is 0 Å². The third-order valence-corrected chi connectivity index (χ3v) is 4.31. The highest BCUT2D eigenvalue weighted by molar-refractivity contribution is 7.12. The molecule has 0 spiro atoms. The second kappa shape index (κ2) is 6.67. The number of carbonyl (C=O) groups is 2. The maximum atomic E-state index is 12.5. The number of rotatable bonds is 4. The molecule has 20 heavy (non-hydrogen) atoms. The lowest BCUT2D eigenvalue weighted by Crippen LogP contribution is -2.45. The molecule has 1 aliphatic rings. The minimum Gasteiger partial charge on any atom is -0.478 e. The van der Waals surface area contributed by atoms with Gasteiger partial charge in [0.1, 0.15) is 0 Å². The first-order valence-electron chi connectivity index (χ1n) is 6.54. The van der Waals surface area contributed by atoms with Crippen molar-refractivity contribution in [1.29, 1.82) is 0 Å². The van der Waals surface area contributed by atoms with Gasteiger partial charge < -0.3 is 15.1 Å². The number of nitrogens with zero attached hydrogens (tertiary/aromatic N) is 1. The Morgan fingerprint density at radius 1 is 1.45 bits per heavy atom. The van der Waals surface area contributed by atoms with Crippen LogP contribution in [0.25, 0.3) is 6.08 Å². The van der Waals surface area contributed by atoms with Crippen molar-refractivity contribution in [3.63, 3.8) is 0 Å². The van der Waals surface area contributed by atoms with E-state index >= 15 is 0 Å². The Balaban J connectivity index is 2.20. The minimum absolute atomic E-state index is 0.0303. The Morgan fingerprint density at radius 2 is 2.25 bits per heavy atom. The second-order valence-corrected chi connectivity index (χ2v) is 5.62. The van der Waals surface area contributed by atoms with Crippen molar-refractivity contribution in [3.8, 4) is 0 Å². The van der Waals surface area contributed by atoms with E-state index in [0.717, 1.165) is 25.3 Å². The number of thiophene rings is 1. The molecule has 0 saturated carbocycles. The summed E-state index contributed by atoms with van der Waals surface area (Å²) in [6.45, 7) is 0.613. The molecule has 2 rings (SSSR count). The smallest absolute Gasteiger partial charge is 0.328 e. The van der Waals surface area contributed by atoms with Crippen molar-refractivity contribution >= 4 is 29.3 Å². The standard InChI is InChI=1S/C14H17NO4S/c16-9-11-3-1-2-7-15(11)14(19)13-10(6-8-20-13)4-5-12(17)18/h4-6,8,11,16H,1-3,7,9H2,(H,17,18). The summed E-state index contributed by atoms with van der Waals surface area (Å²) in [6, 6.07) is 1.60. The van der Waals surface area contributed by atoms with Gasteiger partial charge in [-0.1, -0.05) is 0 Å². The van der Waals surface area contributed by atoms with E-state index in [0.29, 0.717) is 17.0 Å². The van der Waals surface area contributed by atoms with Crippen molar-refractivity contribution in [1.82, 2.24) is 4.90 Å². The Labute approximate surface area is 121 Å². The van der Waals surface area contributed by atoms with Crippen molar-refractivity contribution in [2.24, 2.45) is 0 Å². The van der Waals surface area contributed by atoms with Gasteiger partial charge in [0.15, 0.2) is 0 Å². The number of carbonyl (C=O) groups excluding carboxylic acids is 1. The van der Waals surface area contributed by atoms with Gasteiger partial charge in [-0.3, -0.25) is 4.79 Å². The fraction of sp³-hybridized carbons (Fsp3) is 0.429. The average Bonchev–Trinajstić information content (AvgIpc) is 2.92. The normalized spacial score (nSPS) is 19.4. The van der Waals surface area contributed by atoms with E-state index in [-0.39, 0.29) is 18.6 Å². The zero-order valence-electron chi connectivity index (χ0n) is 11.0. The molecule has 108 valence electrons. The highest BCUT2D eigenvalue weighted by Gasteiger charge is 2.28. The molecule has 1 atom stereocenters. The average molecular weight is 295 g/mol. The van der Waals surface area contributed by atoms with Gasteiger partial charge in [0, 0.05) is 12.6 Å². The van der Waals surface area contributed by atoms with Gasteiger partial charge in [-0.2, -0.15) is 0 Å². The summed E-state index contributed by atoms with van der Waals surface area (Å²) >= 11 is 1.30. The monoisotopic (exact) mass is 295 g/mol. The predicted octanol–water partition coefficient (Wildman–Crippen LogP) is 1.83. The molecule has 1 unspecified atom stereocenters. The molecule has 0 aromatic carbocycles. The van der Waals surface area contributed by atoms with Crippen molar-refractivity contribution in [2.75, 3.05) is 13.2 Å². The van der Waals surface area contributed by atoms with Gasteiger partial charge in [-0.15, -0.1) is 11.3 Å². The van der Waals surface area contributed by atoms with Gasteiger partial charge in [0.05, 0.1) is 17.5 Å². The summed E-state index contributed by atoms with van der Waals surface area (Å²) in [5.74, 6) is -1.16. The van der Waals surface area contributed by atoms with E-state index in [9.17, 15) is 14.7 Å². The van der Waals surface area contributed by atoms with Crippen LogP contribution in [0.4, 0.5) is 0 Å². The van der Waals surface area contributed by atoms with Crippen LogP contribution >= 0.6 is 11.3 Å². The van der Waals surface area contributed by atoms with Crippen LogP contribution in [0, 0.1) is 0 Å². The number of amides is 1. The summed E-state index contributed by atoms with van der Waals surface area (Å²) in [5, 5.41) is 19.8. The molecular formula is C14H17NO4S. The summed E-state index contributed by atoms with van der Waals surface area (Å²) < 4.78 is 0. The van der Waals surface area contributed by atoms with Crippen molar-refractivity contribution < 1.29 is 19.8 Å². The SMILES string of the molecule is O=C(O)C=Cc1ccsc1C(=O)N1CCCCC1CO. The molecule has 1 aromatic heterocycles. The lowest BCUT2D eigenvalue weighted by molar-refractivity contribution is -0.131. The molecule has 2 N–H and O–H groups in total. The number of piperidine rings is 1. The maximum Gasteiger partial charge on any atom is 0.328 e. The Bertz CT molecular complexity index is 523. The number of hydrogen-bond donors (Lipinski definition) is 2. The summed E-state index contributed by atoms with van der Waals surface area (Å²) in [7, 11) is 0. The van der Waals surface area contributed by atoms with E-state index in [1.807, 2.05) is 0 Å². The van der Waals surface area contributed by atoms with Crippen molar-refractivity contribution in [2.45, 2.75) is 25.3 Å². The van der Waals surface area contributed by atoms with Gasteiger partial charge >= 0.3 is 5.97 Å². The first kappa shape index (κ1) is 14.7. The van der Waals surface area contributed by atoms with Crippen LogP contribution in [0.2, 0.25) is 0 Å². The molecule has 1 amide bonds. The number of carboxylic acid groups (broad SMARTS) is 1. The second-order valence-electron chi connectivity index (χ2n) is 4.71. The Hall–Kier alpha value is -1.66. The molecule has 0 bridgehead atoms. The molecular weight excluding hydrogens is 278 g/mol. The summed E-state index contributed by atoms with van der Waals surface area (Å²) in [5.41, 5.74) is 0.615. The van der Waals surface area contributed by atoms with Crippen LogP contribution < -0.4 is 0 Å². The Kier molecular flexibility index (Phi) is 4.92. The lowest BCUT2D eigenvalue weighted by atomic mass is 10.0. The van der Waals surface area contributed by atoms with E-state index in [1.165, 1.54) is 17.4 Å². The predicted molar refractivity (Wildman–Crippen MR) is 76.8 cm³/mol. The molecule has 1 fully saturated rings. The van der Waals surface area contributed by atoms with E-state index in [4.69, 9.17) is 5.11 Å². The number of aliphatic hydroxyl groups excluding tert-OH is 1. The van der Waals surface area contributed by atoms with Gasteiger partial charge in [0.2, 0.25) is 0 Å². The topological polar surface area (TPSA) is 77.8 Å². The molecule has 0 radical (unpaired) electrons. The highest BCUT2D eigenvalue weighted by Crippen LogP contribution is 2.25. The number of hydrogen-bond acceptors (Lipinski definition) is 4. The third-order valence-electron chi connectivity index (χ3n) is 3.39. The van der Waals surface area contributed by atoms with E-state index < -0.39 is 5.97 Å². The van der Waals surface area contributed by atoms with Gasteiger partial charge in [-0.05, 0) is 42.3 Å². The van der Waals surface area contributed by atoms with Crippen LogP contribution in [0.15, 0.2) is 17.5 Å². The first-order valence-corrected chi connectivity index (χ1v) is 7.41. The number of aliphatic carboxylic acids is 1. The highest BCUT2D eigenvalue weighted by atomic mass is 32.1. The van der Waals surface area contributed by atoms with Gasteiger partial charge in [0.25, 0.3) is 5.91 Å². The zero-order valence-corrected chi connectivity index (χ0v) is 11.8. The summed E-state index contributed by atoms with van der Waals surface area (Å²) in [6.07, 6.45) is 5.23. The van der Waals surface area contributed by atoms with Crippen LogP contribution in [0.3, 0.4) is 0 Å². The molecule has 1 aromatic rings. The maximum absolute atomic E-state index is 12.5. The van der Waals surface area contributed by atoms with Crippen LogP contribution in [0.5, 0.6) is 0 Å². The molecule has 0 aliphatic carbocycles. The largest absolute Gasteiger partial charge is 0.478 e. The van der Waals surface area contributed by atoms with Crippen LogP contribution in [-0.2, 0) is 4.79 Å². The molecule has 6 heteroatoms.